The van der Waals surface area contributed by atoms with E-state index in [-0.39, 0.29) is 6.04 Å². The normalized spacial score (nSPS) is 20.3. The summed E-state index contributed by atoms with van der Waals surface area (Å²) < 4.78 is 27.3. The van der Waals surface area contributed by atoms with Crippen molar-refractivity contribution in [1.82, 2.24) is 9.71 Å². The molecule has 164 valence electrons. The number of benzene rings is 1. The smallest absolute Gasteiger partial charge is 0.333 e. The van der Waals surface area contributed by atoms with Gasteiger partial charge in [-0.3, -0.25) is 0 Å². The van der Waals surface area contributed by atoms with Crippen LogP contribution in [0.2, 0.25) is 0 Å². The van der Waals surface area contributed by atoms with Crippen molar-refractivity contribution >= 4 is 38.2 Å². The third-order valence-corrected chi connectivity index (χ3v) is 8.18. The van der Waals surface area contributed by atoms with Crippen LogP contribution >= 0.6 is 11.3 Å². The summed E-state index contributed by atoms with van der Waals surface area (Å²) in [6.07, 6.45) is 11.3. The van der Waals surface area contributed by atoms with Crippen LogP contribution in [0.5, 0.6) is 0 Å². The summed E-state index contributed by atoms with van der Waals surface area (Å²) in [5.41, 5.74) is 5.77. The van der Waals surface area contributed by atoms with E-state index in [1.807, 2.05) is 5.38 Å². The van der Waals surface area contributed by atoms with Crippen LogP contribution in [-0.4, -0.2) is 32.0 Å². The molecule has 1 aromatic carbocycles. The molecule has 1 aromatic heterocycles. The molecule has 0 bridgehead atoms. The highest BCUT2D eigenvalue weighted by Crippen LogP contribution is 2.38. The number of sulfonamides is 1. The molecule has 0 radical (unpaired) electrons. The molecule has 9 heteroatoms. The fraction of sp³-hybridized carbons (Fsp3) is 0.455. The molecular weight excluding hydrogens is 432 g/mol. The Kier molecular flexibility index (Phi) is 5.47. The van der Waals surface area contributed by atoms with Crippen molar-refractivity contribution in [3.8, 4) is 0 Å². The molecule has 1 unspecified atom stereocenters. The van der Waals surface area contributed by atoms with Gasteiger partial charge in [0.1, 0.15) is 0 Å². The van der Waals surface area contributed by atoms with Gasteiger partial charge in [-0.1, -0.05) is 6.07 Å². The van der Waals surface area contributed by atoms with Gasteiger partial charge in [-0.15, -0.1) is 11.3 Å². The molecular formula is C22H26N4O3S2. The number of urea groups is 1. The SMILES string of the molecule is O=C(Nc1c2c(cc3c1CCC3)CCC2)NS(=O)(=O)/C=C/C1CCCN1c1nccs1. The summed E-state index contributed by atoms with van der Waals surface area (Å²) in [7, 11) is -3.90. The number of carbonyl (C=O) groups is 1. The molecule has 2 heterocycles. The number of carbonyl (C=O) groups excluding carboxylic acids is 1. The highest BCUT2D eigenvalue weighted by Gasteiger charge is 2.27. The van der Waals surface area contributed by atoms with Gasteiger partial charge in [0.25, 0.3) is 10.0 Å². The number of nitrogens with zero attached hydrogens (tertiary/aromatic N) is 2. The Bertz CT molecular complexity index is 1090. The summed E-state index contributed by atoms with van der Waals surface area (Å²) in [5, 5.41) is 6.79. The number of amides is 2. The molecule has 1 aliphatic heterocycles. The lowest BCUT2D eigenvalue weighted by Gasteiger charge is -2.21. The van der Waals surface area contributed by atoms with Crippen LogP contribution in [0.15, 0.2) is 29.1 Å². The van der Waals surface area contributed by atoms with Crippen LogP contribution in [0.3, 0.4) is 0 Å². The van der Waals surface area contributed by atoms with Gasteiger partial charge < -0.3 is 10.2 Å². The monoisotopic (exact) mass is 458 g/mol. The lowest BCUT2D eigenvalue weighted by molar-refractivity contribution is 0.256. The Morgan fingerprint density at radius 1 is 1.13 bits per heavy atom. The minimum Gasteiger partial charge on any atom is -0.342 e. The molecule has 1 atom stereocenters. The van der Waals surface area contributed by atoms with Gasteiger partial charge in [0.2, 0.25) is 0 Å². The predicted molar refractivity (Wildman–Crippen MR) is 123 cm³/mol. The average Bonchev–Trinajstić information content (AvgIpc) is 3.52. The van der Waals surface area contributed by atoms with Crippen LogP contribution in [0, 0.1) is 0 Å². The number of aromatic nitrogens is 1. The molecule has 0 spiro atoms. The van der Waals surface area contributed by atoms with Crippen molar-refractivity contribution in [2.24, 2.45) is 0 Å². The molecule has 0 saturated carbocycles. The molecule has 7 nitrogen and oxygen atoms in total. The maximum Gasteiger partial charge on any atom is 0.333 e. The van der Waals surface area contributed by atoms with E-state index < -0.39 is 16.1 Å². The zero-order valence-electron chi connectivity index (χ0n) is 17.3. The minimum absolute atomic E-state index is 0.0357. The van der Waals surface area contributed by atoms with Gasteiger partial charge in [-0.2, -0.15) is 0 Å². The molecule has 5 rings (SSSR count). The summed E-state index contributed by atoms with van der Waals surface area (Å²) in [6.45, 7) is 0.848. The van der Waals surface area contributed by atoms with Crippen molar-refractivity contribution < 1.29 is 13.2 Å². The second kappa shape index (κ2) is 8.27. The van der Waals surface area contributed by atoms with Gasteiger partial charge in [0, 0.05) is 29.2 Å². The van der Waals surface area contributed by atoms with Crippen LogP contribution in [0.25, 0.3) is 0 Å². The molecule has 3 aliphatic rings. The molecule has 2 aliphatic carbocycles. The largest absolute Gasteiger partial charge is 0.342 e. The van der Waals surface area contributed by atoms with Crippen molar-refractivity contribution in [2.75, 3.05) is 16.8 Å². The third kappa shape index (κ3) is 4.21. The number of rotatable bonds is 5. The Morgan fingerprint density at radius 3 is 2.55 bits per heavy atom. The summed E-state index contributed by atoms with van der Waals surface area (Å²) in [6, 6.07) is 1.55. The second-order valence-electron chi connectivity index (χ2n) is 8.38. The van der Waals surface area contributed by atoms with E-state index in [0.29, 0.717) is 0 Å². The van der Waals surface area contributed by atoms with Gasteiger partial charge in [0.15, 0.2) is 5.13 Å². The van der Waals surface area contributed by atoms with Crippen LogP contribution < -0.4 is 14.9 Å². The molecule has 2 aromatic rings. The first kappa shape index (κ1) is 20.5. The van der Waals surface area contributed by atoms with Crippen molar-refractivity contribution in [3.63, 3.8) is 0 Å². The standard InChI is InChI=1S/C22H26N4O3S2/c27-21(24-20-18-7-1-4-15(18)14-16-5-2-8-19(16)20)25-31(28,29)13-9-17-6-3-11-26(17)22-23-10-12-30-22/h9-10,12-14,17H,1-8,11H2,(H2,24,25,27)/b13-9+. The number of nitrogens with one attached hydrogen (secondary N) is 2. The van der Waals surface area contributed by atoms with Crippen LogP contribution in [-0.2, 0) is 35.7 Å². The Morgan fingerprint density at radius 2 is 1.87 bits per heavy atom. The highest BCUT2D eigenvalue weighted by atomic mass is 32.2. The average molecular weight is 459 g/mol. The number of hydrogen-bond acceptors (Lipinski definition) is 6. The summed E-state index contributed by atoms with van der Waals surface area (Å²) in [4.78, 5) is 19.1. The van der Waals surface area contributed by atoms with Crippen LogP contribution in [0.4, 0.5) is 15.6 Å². The lowest BCUT2D eigenvalue weighted by Crippen LogP contribution is -2.34. The van der Waals surface area contributed by atoms with E-state index in [4.69, 9.17) is 0 Å². The van der Waals surface area contributed by atoms with E-state index in [2.05, 4.69) is 26.0 Å². The number of fused-ring (bicyclic) bond motifs is 2. The van der Waals surface area contributed by atoms with E-state index in [1.54, 1.807) is 23.6 Å². The zero-order chi connectivity index (χ0) is 21.4. The highest BCUT2D eigenvalue weighted by molar-refractivity contribution is 7.92. The molecule has 2 amide bonds. The topological polar surface area (TPSA) is 91.4 Å². The van der Waals surface area contributed by atoms with Gasteiger partial charge in [-0.05, 0) is 79.7 Å². The van der Waals surface area contributed by atoms with Gasteiger partial charge >= 0.3 is 6.03 Å². The lowest BCUT2D eigenvalue weighted by atomic mass is 9.99. The first-order chi connectivity index (χ1) is 15.0. The first-order valence-electron chi connectivity index (χ1n) is 10.8. The van der Waals surface area contributed by atoms with Gasteiger partial charge in [0.05, 0.1) is 6.04 Å². The summed E-state index contributed by atoms with van der Waals surface area (Å²) in [5.74, 6) is 0. The molecule has 1 saturated heterocycles. The number of hydrogen-bond donors (Lipinski definition) is 2. The molecule has 1 fully saturated rings. The Labute approximate surface area is 186 Å². The molecule has 2 N–H and O–H groups in total. The maximum atomic E-state index is 12.6. The van der Waals surface area contributed by atoms with Crippen molar-refractivity contribution in [1.29, 1.82) is 0 Å². The molecule has 31 heavy (non-hydrogen) atoms. The van der Waals surface area contributed by atoms with Crippen molar-refractivity contribution in [2.45, 2.75) is 57.4 Å². The minimum atomic E-state index is -3.90. The zero-order valence-corrected chi connectivity index (χ0v) is 18.9. The fourth-order valence-corrected chi connectivity index (χ4v) is 6.54. The maximum absolute atomic E-state index is 12.6. The predicted octanol–water partition coefficient (Wildman–Crippen LogP) is 3.75. The Hall–Kier alpha value is -2.39. The Balaban J connectivity index is 1.28. The van der Waals surface area contributed by atoms with Crippen molar-refractivity contribution in [3.05, 3.63) is 51.4 Å². The quantitative estimate of drug-likeness (QED) is 0.712. The van der Waals surface area contributed by atoms with Crippen LogP contribution in [0.1, 0.15) is 47.9 Å². The van der Waals surface area contributed by atoms with Gasteiger partial charge in [-0.25, -0.2) is 22.9 Å². The second-order valence-corrected chi connectivity index (χ2v) is 10.8. The first-order valence-corrected chi connectivity index (χ1v) is 13.3. The summed E-state index contributed by atoms with van der Waals surface area (Å²) >= 11 is 1.54. The van der Waals surface area contributed by atoms with E-state index >= 15 is 0 Å². The number of anilines is 2. The third-order valence-electron chi connectivity index (χ3n) is 6.39. The van der Waals surface area contributed by atoms with E-state index in [9.17, 15) is 13.2 Å². The van der Waals surface area contributed by atoms with E-state index in [1.165, 1.54) is 22.3 Å². The number of aryl methyl sites for hydroxylation is 2. The fourth-order valence-electron chi connectivity index (χ4n) is 5.05. The van der Waals surface area contributed by atoms with E-state index in [0.717, 1.165) is 74.1 Å². The number of thiazole rings is 1.